The molecule has 41 heavy (non-hydrogen) atoms. The fourth-order valence-corrected chi connectivity index (χ4v) is 5.42. The Labute approximate surface area is 242 Å². The summed E-state index contributed by atoms with van der Waals surface area (Å²) in [6.45, 7) is 6.42. The van der Waals surface area contributed by atoms with E-state index in [1.807, 2.05) is 42.7 Å². The number of hydrogen-bond donors (Lipinski definition) is 3. The molecular formula is C32H41N7O2. The second-order valence-corrected chi connectivity index (χ2v) is 11.3. The maximum absolute atomic E-state index is 13.4. The van der Waals surface area contributed by atoms with Crippen LogP contribution in [0.15, 0.2) is 65.6 Å². The van der Waals surface area contributed by atoms with E-state index >= 15 is 0 Å². The zero-order chi connectivity index (χ0) is 28.8. The lowest BCUT2D eigenvalue weighted by Crippen LogP contribution is -2.35. The van der Waals surface area contributed by atoms with Crippen LogP contribution in [0.3, 0.4) is 0 Å². The summed E-state index contributed by atoms with van der Waals surface area (Å²) in [7, 11) is 4.10. The van der Waals surface area contributed by atoms with Crippen molar-refractivity contribution in [1.29, 1.82) is 0 Å². The molecule has 0 radical (unpaired) electrons. The number of likely N-dealkylation sites (N-methyl/N-ethyl adjacent to an activating group) is 1. The van der Waals surface area contributed by atoms with Crippen molar-refractivity contribution in [2.75, 3.05) is 40.3 Å². The van der Waals surface area contributed by atoms with Gasteiger partial charge < -0.3 is 15.3 Å². The minimum Gasteiger partial charge on any atom is -0.393 e. The molecule has 0 bridgehead atoms. The van der Waals surface area contributed by atoms with Gasteiger partial charge in [0.15, 0.2) is 5.69 Å². The predicted octanol–water partition coefficient (Wildman–Crippen LogP) is 4.18. The number of amides is 1. The van der Waals surface area contributed by atoms with Crippen LogP contribution in [-0.2, 0) is 6.54 Å². The number of hydrogen-bond acceptors (Lipinski definition) is 7. The second kappa shape index (κ2) is 13.3. The highest BCUT2D eigenvalue weighted by molar-refractivity contribution is 6.06. The summed E-state index contributed by atoms with van der Waals surface area (Å²) < 4.78 is 0. The smallest absolute Gasteiger partial charge is 0.276 e. The Kier molecular flexibility index (Phi) is 9.38. The highest BCUT2D eigenvalue weighted by Crippen LogP contribution is 2.27. The average molecular weight is 556 g/mol. The Hall–Kier alpha value is -3.66. The van der Waals surface area contributed by atoms with Crippen molar-refractivity contribution >= 4 is 22.5 Å². The van der Waals surface area contributed by atoms with Gasteiger partial charge in [0.05, 0.1) is 18.2 Å². The molecule has 0 saturated carbocycles. The maximum atomic E-state index is 13.4. The molecule has 3 aromatic rings. The minimum atomic E-state index is -0.246. The van der Waals surface area contributed by atoms with Crippen LogP contribution < -0.4 is 5.32 Å². The first kappa shape index (κ1) is 28.9. The number of aliphatic hydroxyl groups is 1. The molecule has 1 aromatic carbocycles. The van der Waals surface area contributed by atoms with E-state index in [2.05, 4.69) is 63.5 Å². The molecule has 1 amide bonds. The average Bonchev–Trinajstić information content (AvgIpc) is 3.30. The molecule has 1 aliphatic carbocycles. The Bertz CT molecular complexity index is 1450. The third-order valence-corrected chi connectivity index (χ3v) is 7.94. The summed E-state index contributed by atoms with van der Waals surface area (Å²) in [5.41, 5.74) is 6.12. The third-order valence-electron chi connectivity index (χ3n) is 7.94. The van der Waals surface area contributed by atoms with Crippen LogP contribution in [0.4, 0.5) is 0 Å². The van der Waals surface area contributed by atoms with Crippen molar-refractivity contribution in [3.8, 4) is 11.1 Å². The van der Waals surface area contributed by atoms with Crippen molar-refractivity contribution in [2.45, 2.75) is 45.3 Å². The van der Waals surface area contributed by atoms with Gasteiger partial charge in [-0.05, 0) is 81.3 Å². The number of carbonyl (C=O) groups is 1. The largest absolute Gasteiger partial charge is 0.393 e. The molecule has 3 N–H and O–H groups in total. The van der Waals surface area contributed by atoms with Crippen LogP contribution in [0.1, 0.15) is 48.7 Å². The number of carbonyl (C=O) groups excluding carboxylic acids is 1. The van der Waals surface area contributed by atoms with Gasteiger partial charge in [-0.15, -0.1) is 0 Å². The summed E-state index contributed by atoms with van der Waals surface area (Å²) in [5.74, 6) is 0.0898. The molecule has 1 unspecified atom stereocenters. The number of piperidine rings is 1. The van der Waals surface area contributed by atoms with Gasteiger partial charge in [0.25, 0.3) is 5.91 Å². The van der Waals surface area contributed by atoms with E-state index in [1.165, 1.54) is 0 Å². The molecule has 1 atom stereocenters. The molecule has 1 aliphatic heterocycles. The number of aromatic amines is 1. The molecule has 9 heteroatoms. The number of allylic oxidation sites excluding steroid dienone is 3. The maximum Gasteiger partial charge on any atom is 0.276 e. The van der Waals surface area contributed by atoms with Crippen molar-refractivity contribution in [3.63, 3.8) is 0 Å². The SMILES string of the molecule is CCC1CC=C(NC(=O)c2n[nH]c3ccc(-c4cncc(CN5CCC(O)CC5)c4)cc23)C=CC1=NCCN(C)C. The molecule has 2 aliphatic rings. The van der Waals surface area contributed by atoms with Crippen molar-refractivity contribution < 1.29 is 9.90 Å². The molecule has 1 fully saturated rings. The van der Waals surface area contributed by atoms with Crippen LogP contribution in [0.25, 0.3) is 22.0 Å². The van der Waals surface area contributed by atoms with Crippen LogP contribution in [0.5, 0.6) is 0 Å². The molecule has 3 heterocycles. The Morgan fingerprint density at radius 3 is 2.78 bits per heavy atom. The number of rotatable bonds is 9. The van der Waals surface area contributed by atoms with E-state index in [9.17, 15) is 9.90 Å². The number of aliphatic hydroxyl groups excluding tert-OH is 1. The molecule has 0 spiro atoms. The summed E-state index contributed by atoms with van der Waals surface area (Å²) >= 11 is 0. The van der Waals surface area contributed by atoms with Crippen LogP contribution in [-0.4, -0.2) is 88.1 Å². The molecule has 5 rings (SSSR count). The molecular weight excluding hydrogens is 514 g/mol. The van der Waals surface area contributed by atoms with E-state index < -0.39 is 0 Å². The van der Waals surface area contributed by atoms with Gasteiger partial charge in [-0.1, -0.05) is 19.1 Å². The monoisotopic (exact) mass is 555 g/mol. The first-order valence-corrected chi connectivity index (χ1v) is 14.6. The zero-order valence-electron chi connectivity index (χ0n) is 24.3. The van der Waals surface area contributed by atoms with E-state index in [1.54, 1.807) is 0 Å². The fraction of sp³-hybridized carbons (Fsp3) is 0.438. The minimum absolute atomic E-state index is 0.184. The molecule has 9 nitrogen and oxygen atoms in total. The topological polar surface area (TPSA) is 110 Å². The summed E-state index contributed by atoms with van der Waals surface area (Å²) in [5, 5.41) is 21.0. The Balaban J connectivity index is 1.31. The van der Waals surface area contributed by atoms with Crippen molar-refractivity contribution in [2.24, 2.45) is 10.9 Å². The van der Waals surface area contributed by atoms with Crippen molar-refractivity contribution in [1.82, 2.24) is 30.3 Å². The lowest BCUT2D eigenvalue weighted by atomic mass is 9.97. The van der Waals surface area contributed by atoms with Crippen molar-refractivity contribution in [3.05, 3.63) is 71.8 Å². The highest BCUT2D eigenvalue weighted by atomic mass is 16.3. The summed E-state index contributed by atoms with van der Waals surface area (Å²) in [6.07, 6.45) is 13.1. The number of nitrogens with zero attached hydrogens (tertiary/aromatic N) is 5. The fourth-order valence-electron chi connectivity index (χ4n) is 5.42. The normalized spacial score (nSPS) is 19.6. The molecule has 1 saturated heterocycles. The van der Waals surface area contributed by atoms with E-state index in [0.29, 0.717) is 11.6 Å². The number of aromatic nitrogens is 3. The van der Waals surface area contributed by atoms with Gasteiger partial charge in [0.1, 0.15) is 0 Å². The molecule has 2 aromatic heterocycles. The van der Waals surface area contributed by atoms with Gasteiger partial charge in [0.2, 0.25) is 0 Å². The first-order chi connectivity index (χ1) is 19.9. The summed E-state index contributed by atoms with van der Waals surface area (Å²) in [4.78, 5) is 27.2. The number of benzene rings is 1. The van der Waals surface area contributed by atoms with Gasteiger partial charge in [-0.25, -0.2) is 0 Å². The first-order valence-electron chi connectivity index (χ1n) is 14.6. The summed E-state index contributed by atoms with van der Waals surface area (Å²) in [6, 6.07) is 8.15. The van der Waals surface area contributed by atoms with Gasteiger partial charge in [0, 0.05) is 66.8 Å². The quantitative estimate of drug-likeness (QED) is 0.365. The van der Waals surface area contributed by atoms with E-state index in [4.69, 9.17) is 4.99 Å². The standard InChI is InChI=1S/C32H41N7O2/c1-4-23-5-7-26(8-10-29(23)34-13-16-38(2)3)35-32(41)31-28-18-24(6-9-30(28)36-37-31)25-17-22(19-33-20-25)21-39-14-11-27(40)12-15-39/h6-10,17-20,23,27,40H,4-5,11-16,21H2,1-3H3,(H,35,41)(H,36,37). The lowest BCUT2D eigenvalue weighted by Gasteiger charge is -2.29. The Morgan fingerprint density at radius 2 is 2.00 bits per heavy atom. The van der Waals surface area contributed by atoms with Crippen LogP contribution in [0, 0.1) is 5.92 Å². The molecule has 216 valence electrons. The van der Waals surface area contributed by atoms with Crippen LogP contribution >= 0.6 is 0 Å². The van der Waals surface area contributed by atoms with Gasteiger partial charge >= 0.3 is 0 Å². The number of aliphatic imine (C=N–C) groups is 1. The third kappa shape index (κ3) is 7.35. The predicted molar refractivity (Wildman–Crippen MR) is 164 cm³/mol. The number of nitrogens with one attached hydrogen (secondary N) is 2. The lowest BCUT2D eigenvalue weighted by molar-refractivity contribution is 0.0792. The van der Waals surface area contributed by atoms with Gasteiger partial charge in [-0.2, -0.15) is 5.10 Å². The van der Waals surface area contributed by atoms with E-state index in [0.717, 1.165) is 97.4 Å². The van der Waals surface area contributed by atoms with Gasteiger partial charge in [-0.3, -0.25) is 24.8 Å². The van der Waals surface area contributed by atoms with E-state index in [-0.39, 0.29) is 12.0 Å². The number of fused-ring (bicyclic) bond motifs is 1. The van der Waals surface area contributed by atoms with Crippen LogP contribution in [0.2, 0.25) is 0 Å². The second-order valence-electron chi connectivity index (χ2n) is 11.3. The zero-order valence-corrected chi connectivity index (χ0v) is 24.3. The highest BCUT2D eigenvalue weighted by Gasteiger charge is 2.20. The number of likely N-dealkylation sites (tertiary alicyclic amines) is 1. The number of H-pyrrole nitrogens is 1. The number of pyridine rings is 1. The Morgan fingerprint density at radius 1 is 1.17 bits per heavy atom.